The van der Waals surface area contributed by atoms with Crippen LogP contribution in [0.15, 0.2) is 4.79 Å². The van der Waals surface area contributed by atoms with Gasteiger partial charge in [-0.15, -0.1) is 0 Å². The van der Waals surface area contributed by atoms with E-state index in [9.17, 15) is 4.79 Å². The van der Waals surface area contributed by atoms with Crippen molar-refractivity contribution in [2.24, 2.45) is 0 Å². The van der Waals surface area contributed by atoms with Crippen molar-refractivity contribution >= 4 is 22.6 Å². The van der Waals surface area contributed by atoms with E-state index in [2.05, 4.69) is 34.5 Å². The summed E-state index contributed by atoms with van der Waals surface area (Å²) >= 11 is 2.12. The molecule has 0 spiro atoms. The van der Waals surface area contributed by atoms with Gasteiger partial charge in [0.1, 0.15) is 5.82 Å². The molecule has 1 aliphatic rings. The number of H-pyrrole nitrogens is 1. The Morgan fingerprint density at radius 3 is 2.56 bits per heavy atom. The van der Waals surface area contributed by atoms with Gasteiger partial charge in [0.05, 0.1) is 9.26 Å². The predicted octanol–water partition coefficient (Wildman–Crippen LogP) is 3.76. The van der Waals surface area contributed by atoms with Crippen molar-refractivity contribution in [3.05, 3.63) is 25.4 Å². The fourth-order valence-corrected chi connectivity index (χ4v) is 3.20. The minimum absolute atomic E-state index is 0.0493. The molecule has 100 valence electrons. The SMILES string of the molecule is CCCc1nc(C2CCCCCC2)[nH]c(=O)c1I. The number of rotatable bonds is 3. The zero-order valence-electron chi connectivity index (χ0n) is 11.0. The lowest BCUT2D eigenvalue weighted by Crippen LogP contribution is -2.20. The predicted molar refractivity (Wildman–Crippen MR) is 82.0 cm³/mol. The second kappa shape index (κ2) is 6.68. The molecule has 1 N–H and O–H groups in total. The van der Waals surface area contributed by atoms with E-state index < -0.39 is 0 Å². The van der Waals surface area contributed by atoms with Crippen LogP contribution in [0.2, 0.25) is 0 Å². The first-order chi connectivity index (χ1) is 8.72. The Balaban J connectivity index is 2.29. The normalized spacial score (nSPS) is 17.7. The van der Waals surface area contributed by atoms with Crippen LogP contribution in [-0.4, -0.2) is 9.97 Å². The van der Waals surface area contributed by atoms with Crippen LogP contribution < -0.4 is 5.56 Å². The van der Waals surface area contributed by atoms with Gasteiger partial charge in [0.2, 0.25) is 0 Å². The minimum atomic E-state index is 0.0493. The van der Waals surface area contributed by atoms with Gasteiger partial charge < -0.3 is 4.98 Å². The van der Waals surface area contributed by atoms with E-state index in [1.165, 1.54) is 38.5 Å². The van der Waals surface area contributed by atoms with Crippen molar-refractivity contribution in [3.8, 4) is 0 Å². The smallest absolute Gasteiger partial charge is 0.264 e. The average Bonchev–Trinajstić information content (AvgIpc) is 2.63. The standard InChI is InChI=1S/C14H21IN2O/c1-2-7-11-12(15)14(18)17-13(16-11)10-8-5-3-4-6-9-10/h10H,2-9H2,1H3,(H,16,17,18). The first-order valence-electron chi connectivity index (χ1n) is 7.01. The highest BCUT2D eigenvalue weighted by atomic mass is 127. The first kappa shape index (κ1) is 14.0. The summed E-state index contributed by atoms with van der Waals surface area (Å²) in [7, 11) is 0. The molecule has 1 saturated carbocycles. The van der Waals surface area contributed by atoms with E-state index >= 15 is 0 Å². The average molecular weight is 360 g/mol. The number of aromatic nitrogens is 2. The van der Waals surface area contributed by atoms with Crippen molar-refractivity contribution in [2.45, 2.75) is 64.2 Å². The molecule has 2 rings (SSSR count). The second-order valence-electron chi connectivity index (χ2n) is 5.15. The molecule has 1 heterocycles. The van der Waals surface area contributed by atoms with Crippen LogP contribution in [-0.2, 0) is 6.42 Å². The van der Waals surface area contributed by atoms with Crippen LogP contribution in [0, 0.1) is 3.57 Å². The van der Waals surface area contributed by atoms with Gasteiger partial charge in [-0.3, -0.25) is 4.79 Å². The van der Waals surface area contributed by atoms with E-state index in [1.807, 2.05) is 0 Å². The highest BCUT2D eigenvalue weighted by molar-refractivity contribution is 14.1. The molecular weight excluding hydrogens is 339 g/mol. The number of hydrogen-bond acceptors (Lipinski definition) is 2. The van der Waals surface area contributed by atoms with Gasteiger partial charge in [-0.05, 0) is 41.9 Å². The molecule has 0 aliphatic heterocycles. The summed E-state index contributed by atoms with van der Waals surface area (Å²) in [5.74, 6) is 1.40. The molecule has 0 unspecified atom stereocenters. The van der Waals surface area contributed by atoms with Crippen molar-refractivity contribution in [3.63, 3.8) is 0 Å². The summed E-state index contributed by atoms with van der Waals surface area (Å²) in [6, 6.07) is 0. The molecule has 4 heteroatoms. The zero-order chi connectivity index (χ0) is 13.0. The van der Waals surface area contributed by atoms with Crippen molar-refractivity contribution < 1.29 is 0 Å². The Morgan fingerprint density at radius 2 is 1.94 bits per heavy atom. The van der Waals surface area contributed by atoms with Gasteiger partial charge in [0.15, 0.2) is 0 Å². The summed E-state index contributed by atoms with van der Waals surface area (Å²) in [5, 5.41) is 0. The molecule has 0 bridgehead atoms. The summed E-state index contributed by atoms with van der Waals surface area (Å²) in [4.78, 5) is 19.7. The van der Waals surface area contributed by atoms with Crippen LogP contribution in [0.3, 0.4) is 0 Å². The van der Waals surface area contributed by atoms with Crippen LogP contribution in [0.1, 0.15) is 69.3 Å². The Labute approximate surface area is 122 Å². The number of nitrogens with one attached hydrogen (secondary N) is 1. The molecular formula is C14H21IN2O. The molecule has 0 amide bonds. The van der Waals surface area contributed by atoms with E-state index in [0.29, 0.717) is 5.92 Å². The molecule has 1 fully saturated rings. The summed E-state index contributed by atoms with van der Waals surface area (Å²) in [5.41, 5.74) is 1.04. The third-order valence-electron chi connectivity index (χ3n) is 3.68. The second-order valence-corrected chi connectivity index (χ2v) is 6.23. The monoisotopic (exact) mass is 360 g/mol. The van der Waals surface area contributed by atoms with Crippen molar-refractivity contribution in [2.75, 3.05) is 0 Å². The topological polar surface area (TPSA) is 45.8 Å². The number of halogens is 1. The third-order valence-corrected chi connectivity index (χ3v) is 4.79. The summed E-state index contributed by atoms with van der Waals surface area (Å²) in [6.07, 6.45) is 9.48. The van der Waals surface area contributed by atoms with E-state index in [0.717, 1.165) is 27.9 Å². The lowest BCUT2D eigenvalue weighted by atomic mass is 9.99. The highest BCUT2D eigenvalue weighted by Gasteiger charge is 2.18. The number of nitrogens with zero attached hydrogens (tertiary/aromatic N) is 1. The Kier molecular flexibility index (Phi) is 5.21. The Bertz CT molecular complexity index is 448. The number of hydrogen-bond donors (Lipinski definition) is 1. The van der Waals surface area contributed by atoms with Gasteiger partial charge in [0.25, 0.3) is 5.56 Å². The van der Waals surface area contributed by atoms with Crippen LogP contribution in [0.25, 0.3) is 0 Å². The van der Waals surface area contributed by atoms with Gasteiger partial charge in [0, 0.05) is 5.92 Å². The molecule has 0 radical (unpaired) electrons. The molecule has 18 heavy (non-hydrogen) atoms. The Morgan fingerprint density at radius 1 is 1.28 bits per heavy atom. The summed E-state index contributed by atoms with van der Waals surface area (Å²) in [6.45, 7) is 2.13. The van der Waals surface area contributed by atoms with Crippen LogP contribution in [0.4, 0.5) is 0 Å². The van der Waals surface area contributed by atoms with E-state index in [-0.39, 0.29) is 5.56 Å². The van der Waals surface area contributed by atoms with Crippen molar-refractivity contribution in [1.82, 2.24) is 9.97 Å². The molecule has 1 aliphatic carbocycles. The fourth-order valence-electron chi connectivity index (χ4n) is 2.67. The molecule has 3 nitrogen and oxygen atoms in total. The lowest BCUT2D eigenvalue weighted by molar-refractivity contribution is 0.553. The van der Waals surface area contributed by atoms with Crippen molar-refractivity contribution in [1.29, 1.82) is 0 Å². The maximum absolute atomic E-state index is 12.0. The largest absolute Gasteiger partial charge is 0.309 e. The maximum Gasteiger partial charge on any atom is 0.264 e. The summed E-state index contributed by atoms with van der Waals surface area (Å²) < 4.78 is 0.770. The molecule has 0 saturated heterocycles. The number of aryl methyl sites for hydroxylation is 1. The number of aromatic amines is 1. The maximum atomic E-state index is 12.0. The molecule has 0 atom stereocenters. The molecule has 1 aromatic rings. The minimum Gasteiger partial charge on any atom is -0.309 e. The first-order valence-corrected chi connectivity index (χ1v) is 8.08. The van der Waals surface area contributed by atoms with E-state index in [4.69, 9.17) is 4.98 Å². The van der Waals surface area contributed by atoms with Gasteiger partial charge >= 0.3 is 0 Å². The molecule has 1 aromatic heterocycles. The van der Waals surface area contributed by atoms with E-state index in [1.54, 1.807) is 0 Å². The highest BCUT2D eigenvalue weighted by Crippen LogP contribution is 2.29. The fraction of sp³-hybridized carbons (Fsp3) is 0.714. The molecule has 0 aromatic carbocycles. The van der Waals surface area contributed by atoms with Gasteiger partial charge in [-0.2, -0.15) is 0 Å². The van der Waals surface area contributed by atoms with Crippen LogP contribution in [0.5, 0.6) is 0 Å². The lowest BCUT2D eigenvalue weighted by Gasteiger charge is -2.14. The van der Waals surface area contributed by atoms with Gasteiger partial charge in [-0.25, -0.2) is 4.98 Å². The Hall–Kier alpha value is -0.390. The zero-order valence-corrected chi connectivity index (χ0v) is 13.1. The van der Waals surface area contributed by atoms with Crippen LogP contribution >= 0.6 is 22.6 Å². The van der Waals surface area contributed by atoms with Gasteiger partial charge in [-0.1, -0.05) is 39.0 Å². The quantitative estimate of drug-likeness (QED) is 0.659. The third kappa shape index (κ3) is 3.33.